The molecule has 0 N–H and O–H groups in total. The van der Waals surface area contributed by atoms with Crippen LogP contribution in [0, 0.1) is 12.8 Å². The van der Waals surface area contributed by atoms with E-state index < -0.39 is 0 Å². The van der Waals surface area contributed by atoms with Gasteiger partial charge in [0.25, 0.3) is 0 Å². The lowest BCUT2D eigenvalue weighted by Crippen LogP contribution is -2.31. The van der Waals surface area contributed by atoms with Crippen molar-refractivity contribution in [2.75, 3.05) is 19.6 Å². The summed E-state index contributed by atoms with van der Waals surface area (Å²) in [6, 6.07) is 19.0. The maximum Gasteiger partial charge on any atom is 0.000966 e. The van der Waals surface area contributed by atoms with Gasteiger partial charge in [-0.1, -0.05) is 66.6 Å². The van der Waals surface area contributed by atoms with Gasteiger partial charge in [-0.25, -0.2) is 0 Å². The van der Waals surface area contributed by atoms with Crippen LogP contribution in [0.5, 0.6) is 0 Å². The topological polar surface area (TPSA) is 3.24 Å². The van der Waals surface area contributed by atoms with E-state index in [4.69, 9.17) is 0 Å². The fourth-order valence-corrected chi connectivity index (χ4v) is 3.18. The smallest absolute Gasteiger partial charge is 0.000966 e. The average molecular weight is 307 g/mol. The van der Waals surface area contributed by atoms with E-state index in [9.17, 15) is 0 Å². The van der Waals surface area contributed by atoms with Gasteiger partial charge in [0.2, 0.25) is 0 Å². The van der Waals surface area contributed by atoms with Crippen LogP contribution in [-0.4, -0.2) is 24.5 Å². The number of likely N-dealkylation sites (tertiary alicyclic amines) is 1. The molecule has 2 aliphatic rings. The van der Waals surface area contributed by atoms with Crippen LogP contribution in [0.3, 0.4) is 0 Å². The van der Waals surface area contributed by atoms with Gasteiger partial charge in [0.05, 0.1) is 0 Å². The number of piperidine rings is 1. The van der Waals surface area contributed by atoms with E-state index in [-0.39, 0.29) is 0 Å². The van der Waals surface area contributed by atoms with Crippen molar-refractivity contribution in [1.29, 1.82) is 0 Å². The first-order chi connectivity index (χ1) is 11.3. The maximum absolute atomic E-state index is 2.65. The predicted octanol–water partition coefficient (Wildman–Crippen LogP) is 5.54. The Bertz CT molecular complexity index is 563. The minimum absolute atomic E-state index is 1.10. The normalized spacial score (nSPS) is 18.1. The van der Waals surface area contributed by atoms with Crippen LogP contribution in [-0.2, 0) is 0 Å². The van der Waals surface area contributed by atoms with Gasteiger partial charge in [0.15, 0.2) is 0 Å². The molecule has 1 heterocycles. The van der Waals surface area contributed by atoms with E-state index in [1.807, 2.05) is 6.07 Å². The van der Waals surface area contributed by atoms with Crippen LogP contribution >= 0.6 is 0 Å². The third-order valence-corrected chi connectivity index (χ3v) is 4.82. The van der Waals surface area contributed by atoms with E-state index in [0.29, 0.717) is 0 Å². The van der Waals surface area contributed by atoms with Crippen LogP contribution < -0.4 is 0 Å². The average Bonchev–Trinajstić information content (AvgIpc) is 3.42. The molecule has 4 rings (SSSR count). The molecule has 23 heavy (non-hydrogen) atoms. The molecule has 0 aromatic heterocycles. The highest BCUT2D eigenvalue weighted by Crippen LogP contribution is 2.30. The molecule has 122 valence electrons. The summed E-state index contributed by atoms with van der Waals surface area (Å²) >= 11 is 0. The molecule has 0 radical (unpaired) electrons. The van der Waals surface area contributed by atoms with E-state index in [1.165, 1.54) is 68.4 Å². The van der Waals surface area contributed by atoms with Gasteiger partial charge in [-0.15, -0.1) is 0 Å². The second kappa shape index (κ2) is 8.31. The van der Waals surface area contributed by atoms with Crippen molar-refractivity contribution in [1.82, 2.24) is 4.90 Å². The number of hydrogen-bond donors (Lipinski definition) is 0. The van der Waals surface area contributed by atoms with Crippen LogP contribution in [0.4, 0.5) is 0 Å². The molecule has 1 saturated carbocycles. The molecule has 1 aliphatic carbocycles. The Morgan fingerprint density at radius 2 is 1.39 bits per heavy atom. The SMILES string of the molecule is C1CCN(CC2CC2)CC1.Cc1ccc(-c2ccccc2)cc1. The Kier molecular flexibility index (Phi) is 5.87. The van der Waals surface area contributed by atoms with Crippen molar-refractivity contribution < 1.29 is 0 Å². The van der Waals surface area contributed by atoms with Crippen LogP contribution in [0.15, 0.2) is 54.6 Å². The summed E-state index contributed by atoms with van der Waals surface area (Å²) < 4.78 is 0. The second-order valence-electron chi connectivity index (χ2n) is 7.04. The van der Waals surface area contributed by atoms with Gasteiger partial charge in [-0.2, -0.15) is 0 Å². The van der Waals surface area contributed by atoms with Gasteiger partial charge in [0.1, 0.15) is 0 Å². The quantitative estimate of drug-likeness (QED) is 0.719. The van der Waals surface area contributed by atoms with Crippen molar-refractivity contribution in [3.63, 3.8) is 0 Å². The summed E-state index contributed by atoms with van der Waals surface area (Å²) in [5.74, 6) is 1.10. The number of hydrogen-bond acceptors (Lipinski definition) is 1. The van der Waals surface area contributed by atoms with E-state index in [2.05, 4.69) is 60.4 Å². The first-order valence-electron chi connectivity index (χ1n) is 9.16. The van der Waals surface area contributed by atoms with Crippen molar-refractivity contribution in [3.8, 4) is 11.1 Å². The molecule has 0 bridgehead atoms. The molecule has 0 amide bonds. The Labute approximate surface area is 141 Å². The highest BCUT2D eigenvalue weighted by molar-refractivity contribution is 5.63. The molecule has 1 saturated heterocycles. The van der Waals surface area contributed by atoms with E-state index >= 15 is 0 Å². The molecular formula is C22H29N. The lowest BCUT2D eigenvalue weighted by Gasteiger charge is -2.26. The summed E-state index contributed by atoms with van der Waals surface area (Å²) in [6.45, 7) is 6.29. The zero-order chi connectivity index (χ0) is 15.9. The third-order valence-electron chi connectivity index (χ3n) is 4.82. The first-order valence-corrected chi connectivity index (χ1v) is 9.16. The molecule has 0 atom stereocenters. The van der Waals surface area contributed by atoms with Crippen LogP contribution in [0.1, 0.15) is 37.7 Å². The van der Waals surface area contributed by atoms with Gasteiger partial charge in [-0.3, -0.25) is 0 Å². The van der Waals surface area contributed by atoms with Crippen LogP contribution in [0.25, 0.3) is 11.1 Å². The molecule has 2 aromatic carbocycles. The van der Waals surface area contributed by atoms with Crippen molar-refractivity contribution in [2.24, 2.45) is 5.92 Å². The molecule has 1 aliphatic heterocycles. The van der Waals surface area contributed by atoms with Gasteiger partial charge < -0.3 is 4.90 Å². The summed E-state index contributed by atoms with van der Waals surface area (Å²) in [5.41, 5.74) is 3.87. The molecule has 2 fully saturated rings. The fraction of sp³-hybridized carbons (Fsp3) is 0.455. The van der Waals surface area contributed by atoms with Crippen molar-refractivity contribution in [3.05, 3.63) is 60.2 Å². The van der Waals surface area contributed by atoms with Gasteiger partial charge >= 0.3 is 0 Å². The fourth-order valence-electron chi connectivity index (χ4n) is 3.18. The predicted molar refractivity (Wildman–Crippen MR) is 99.6 cm³/mol. The zero-order valence-corrected chi connectivity index (χ0v) is 14.4. The van der Waals surface area contributed by atoms with Gasteiger partial charge in [0, 0.05) is 6.54 Å². The molecule has 0 spiro atoms. The van der Waals surface area contributed by atoms with E-state index in [1.54, 1.807) is 0 Å². The molecule has 0 unspecified atom stereocenters. The largest absolute Gasteiger partial charge is 0.303 e. The Morgan fingerprint density at radius 3 is 2.00 bits per heavy atom. The van der Waals surface area contributed by atoms with E-state index in [0.717, 1.165) is 5.92 Å². The summed E-state index contributed by atoms with van der Waals surface area (Å²) in [7, 11) is 0. The lowest BCUT2D eigenvalue weighted by molar-refractivity contribution is 0.220. The van der Waals surface area contributed by atoms with Crippen molar-refractivity contribution >= 4 is 0 Å². The Morgan fingerprint density at radius 1 is 0.783 bits per heavy atom. The molecule has 2 aromatic rings. The zero-order valence-electron chi connectivity index (χ0n) is 14.4. The summed E-state index contributed by atoms with van der Waals surface area (Å²) in [6.07, 6.45) is 7.40. The summed E-state index contributed by atoms with van der Waals surface area (Å²) in [4.78, 5) is 2.65. The third kappa shape index (κ3) is 5.51. The minimum Gasteiger partial charge on any atom is -0.303 e. The summed E-state index contributed by atoms with van der Waals surface area (Å²) in [5, 5.41) is 0. The van der Waals surface area contributed by atoms with Crippen LogP contribution in [0.2, 0.25) is 0 Å². The molecular weight excluding hydrogens is 278 g/mol. The first kappa shape index (κ1) is 16.3. The molecule has 1 heteroatoms. The van der Waals surface area contributed by atoms with Crippen molar-refractivity contribution in [2.45, 2.75) is 39.0 Å². The monoisotopic (exact) mass is 307 g/mol. The maximum atomic E-state index is 2.65. The number of aryl methyl sites for hydroxylation is 1. The number of nitrogens with zero attached hydrogens (tertiary/aromatic N) is 1. The minimum atomic E-state index is 1.10. The Balaban J connectivity index is 0.000000140. The Hall–Kier alpha value is -1.60. The highest BCUT2D eigenvalue weighted by atomic mass is 15.1. The standard InChI is InChI=1S/C13H12.C9H17N/c1-11-7-9-13(10-8-11)12-5-3-2-4-6-12;1-2-6-10(7-3-1)8-9-4-5-9/h2-10H,1H3;9H,1-8H2. The lowest BCUT2D eigenvalue weighted by atomic mass is 10.0. The van der Waals surface area contributed by atoms with Gasteiger partial charge in [-0.05, 0) is 62.7 Å². The highest BCUT2D eigenvalue weighted by Gasteiger charge is 2.24. The number of benzene rings is 2. The number of rotatable bonds is 3. The second-order valence-corrected chi connectivity index (χ2v) is 7.04. The molecule has 1 nitrogen and oxygen atoms in total.